The van der Waals surface area contributed by atoms with Gasteiger partial charge in [-0.15, -0.1) is 0 Å². The maximum absolute atomic E-state index is 13.2. The number of hydrogen-bond donors (Lipinski definition) is 3. The normalized spacial score (nSPS) is 11.8. The highest BCUT2D eigenvalue weighted by molar-refractivity contribution is 6.07. The van der Waals surface area contributed by atoms with E-state index >= 15 is 0 Å². The number of fused-ring (bicyclic) bond motifs is 1. The first-order valence-corrected chi connectivity index (χ1v) is 10.1. The molecule has 1 unspecified atom stereocenters. The van der Waals surface area contributed by atoms with E-state index in [1.165, 1.54) is 12.1 Å². The molecular formula is C25H22FN3O3. The molecule has 32 heavy (non-hydrogen) atoms. The van der Waals surface area contributed by atoms with Gasteiger partial charge in [-0.2, -0.15) is 0 Å². The molecule has 0 bridgehead atoms. The number of halogens is 1. The highest BCUT2D eigenvalue weighted by Gasteiger charge is 2.17. The van der Waals surface area contributed by atoms with Crippen LogP contribution in [0.2, 0.25) is 0 Å². The second kappa shape index (κ2) is 9.03. The van der Waals surface area contributed by atoms with Gasteiger partial charge in [0.25, 0.3) is 11.8 Å². The summed E-state index contributed by atoms with van der Waals surface area (Å²) in [6.07, 6.45) is 1.81. The molecule has 0 aliphatic heterocycles. The van der Waals surface area contributed by atoms with Crippen LogP contribution in [0.1, 0.15) is 44.8 Å². The monoisotopic (exact) mass is 431 g/mol. The summed E-state index contributed by atoms with van der Waals surface area (Å²) in [4.78, 5) is 24.6. The van der Waals surface area contributed by atoms with Crippen molar-refractivity contribution in [3.63, 3.8) is 0 Å². The maximum Gasteiger partial charge on any atom is 0.274 e. The number of benzene rings is 3. The Morgan fingerprint density at radius 2 is 1.66 bits per heavy atom. The molecule has 4 aromatic rings. The summed E-state index contributed by atoms with van der Waals surface area (Å²) in [5.41, 5.74) is 5.17. The van der Waals surface area contributed by atoms with Crippen LogP contribution < -0.4 is 10.8 Å². The van der Waals surface area contributed by atoms with Crippen LogP contribution in [0.4, 0.5) is 4.39 Å². The van der Waals surface area contributed by atoms with Gasteiger partial charge in [0.15, 0.2) is 0 Å². The van der Waals surface area contributed by atoms with Gasteiger partial charge in [-0.05, 0) is 48.4 Å². The smallest absolute Gasteiger partial charge is 0.274 e. The third kappa shape index (κ3) is 4.38. The van der Waals surface area contributed by atoms with Gasteiger partial charge in [0.05, 0.1) is 11.6 Å². The molecule has 0 aliphatic rings. The lowest BCUT2D eigenvalue weighted by Gasteiger charge is -2.14. The van der Waals surface area contributed by atoms with E-state index in [9.17, 15) is 14.0 Å². The fourth-order valence-electron chi connectivity index (χ4n) is 3.69. The van der Waals surface area contributed by atoms with Crippen molar-refractivity contribution in [1.29, 1.82) is 0 Å². The summed E-state index contributed by atoms with van der Waals surface area (Å²) in [7, 11) is 0. The first-order valence-electron chi connectivity index (χ1n) is 10.1. The van der Waals surface area contributed by atoms with Crippen LogP contribution >= 0.6 is 0 Å². The third-order valence-corrected chi connectivity index (χ3v) is 5.42. The number of aromatic nitrogens is 1. The number of nitrogens with zero attached hydrogens (tertiary/aromatic N) is 1. The number of hydrogen-bond acceptors (Lipinski definition) is 3. The molecule has 1 aromatic heterocycles. The quantitative estimate of drug-likeness (QED) is 0.312. The van der Waals surface area contributed by atoms with Crippen molar-refractivity contribution in [3.05, 3.63) is 107 Å². The van der Waals surface area contributed by atoms with Crippen LogP contribution in [0.15, 0.2) is 79.0 Å². The van der Waals surface area contributed by atoms with Crippen LogP contribution in [-0.4, -0.2) is 21.6 Å². The average molecular weight is 431 g/mol. The first-order chi connectivity index (χ1) is 15.5. The van der Waals surface area contributed by atoms with E-state index in [2.05, 4.69) is 5.32 Å². The largest absolute Gasteiger partial charge is 0.345 e. The van der Waals surface area contributed by atoms with E-state index < -0.39 is 5.91 Å². The average Bonchev–Trinajstić information content (AvgIpc) is 3.18. The minimum atomic E-state index is -0.572. The molecule has 3 aromatic carbocycles. The summed E-state index contributed by atoms with van der Waals surface area (Å²) in [6, 6.07) is 20.3. The van der Waals surface area contributed by atoms with Gasteiger partial charge in [-0.3, -0.25) is 14.8 Å². The molecule has 0 spiro atoms. The molecule has 1 heterocycles. The molecule has 0 saturated heterocycles. The molecule has 162 valence electrons. The number of hydroxylamine groups is 1. The minimum Gasteiger partial charge on any atom is -0.345 e. The summed E-state index contributed by atoms with van der Waals surface area (Å²) < 4.78 is 15.2. The fourth-order valence-corrected chi connectivity index (χ4v) is 3.69. The first kappa shape index (κ1) is 21.3. The molecule has 0 radical (unpaired) electrons. The number of amides is 2. The molecule has 2 amide bonds. The van der Waals surface area contributed by atoms with Crippen molar-refractivity contribution in [2.75, 3.05) is 0 Å². The predicted octanol–water partition coefficient (Wildman–Crippen LogP) is 4.44. The summed E-state index contributed by atoms with van der Waals surface area (Å²) in [5, 5.41) is 12.6. The molecule has 0 fully saturated rings. The second-order valence-electron chi connectivity index (χ2n) is 7.57. The summed E-state index contributed by atoms with van der Waals surface area (Å²) in [5.74, 6) is -1.11. The van der Waals surface area contributed by atoms with Crippen molar-refractivity contribution in [2.45, 2.75) is 19.5 Å². The van der Waals surface area contributed by atoms with Gasteiger partial charge in [0.2, 0.25) is 0 Å². The zero-order valence-corrected chi connectivity index (χ0v) is 17.4. The van der Waals surface area contributed by atoms with Crippen LogP contribution in [0.3, 0.4) is 0 Å². The predicted molar refractivity (Wildman–Crippen MR) is 119 cm³/mol. The van der Waals surface area contributed by atoms with Crippen molar-refractivity contribution < 1.29 is 19.2 Å². The van der Waals surface area contributed by atoms with Crippen molar-refractivity contribution in [2.24, 2.45) is 0 Å². The van der Waals surface area contributed by atoms with Crippen LogP contribution in [0.5, 0.6) is 0 Å². The van der Waals surface area contributed by atoms with E-state index in [1.807, 2.05) is 42.0 Å². The Labute approximate surface area is 184 Å². The highest BCUT2D eigenvalue weighted by Crippen LogP contribution is 2.24. The Balaban J connectivity index is 1.59. The molecule has 4 rings (SSSR count). The lowest BCUT2D eigenvalue weighted by molar-refractivity contribution is 0.0706. The Kier molecular flexibility index (Phi) is 6.00. The topological polar surface area (TPSA) is 83.4 Å². The van der Waals surface area contributed by atoms with Crippen molar-refractivity contribution in [1.82, 2.24) is 15.4 Å². The third-order valence-electron chi connectivity index (χ3n) is 5.42. The highest BCUT2D eigenvalue weighted by atomic mass is 19.1. The van der Waals surface area contributed by atoms with Gasteiger partial charge in [-0.25, -0.2) is 9.87 Å². The zero-order chi connectivity index (χ0) is 22.7. The van der Waals surface area contributed by atoms with Crippen molar-refractivity contribution >= 4 is 22.7 Å². The van der Waals surface area contributed by atoms with Gasteiger partial charge in [-0.1, -0.05) is 42.5 Å². The second-order valence-corrected chi connectivity index (χ2v) is 7.57. The molecule has 3 N–H and O–H groups in total. The standard InChI is InChI=1S/C25H22FN3O3/c1-16(18-10-12-20(26)13-11-18)27-25(31)22-15-29(23-5-3-2-4-21(22)23)14-17-6-8-19(9-7-17)24(30)28-32/h2-13,15-16,32H,14H2,1H3,(H,27,31)(H,28,30). The minimum absolute atomic E-state index is 0.216. The Morgan fingerprint density at radius 3 is 2.34 bits per heavy atom. The summed E-state index contributed by atoms with van der Waals surface area (Å²) in [6.45, 7) is 2.36. The van der Waals surface area contributed by atoms with E-state index in [4.69, 9.17) is 5.21 Å². The van der Waals surface area contributed by atoms with E-state index in [0.717, 1.165) is 22.0 Å². The molecule has 1 atom stereocenters. The van der Waals surface area contributed by atoms with E-state index in [0.29, 0.717) is 17.7 Å². The van der Waals surface area contributed by atoms with Gasteiger partial charge < -0.3 is 9.88 Å². The summed E-state index contributed by atoms with van der Waals surface area (Å²) >= 11 is 0. The van der Waals surface area contributed by atoms with Crippen LogP contribution in [-0.2, 0) is 6.54 Å². The Morgan fingerprint density at radius 1 is 0.969 bits per heavy atom. The zero-order valence-electron chi connectivity index (χ0n) is 17.4. The molecular weight excluding hydrogens is 409 g/mol. The van der Waals surface area contributed by atoms with Crippen molar-refractivity contribution in [3.8, 4) is 0 Å². The number of para-hydroxylation sites is 1. The number of rotatable bonds is 6. The van der Waals surface area contributed by atoms with Gasteiger partial charge in [0, 0.05) is 29.2 Å². The SMILES string of the molecule is CC(NC(=O)c1cn(Cc2ccc(C(=O)NO)cc2)c2ccccc12)c1ccc(F)cc1. The number of nitrogens with one attached hydrogen (secondary N) is 2. The van der Waals surface area contributed by atoms with E-state index in [1.54, 1.807) is 41.9 Å². The Bertz CT molecular complexity index is 1260. The molecule has 0 aliphatic carbocycles. The fraction of sp³-hybridized carbons (Fsp3) is 0.120. The van der Waals surface area contributed by atoms with Gasteiger partial charge in [0.1, 0.15) is 5.82 Å². The maximum atomic E-state index is 13.2. The number of carbonyl (C=O) groups excluding carboxylic acids is 2. The number of carbonyl (C=O) groups is 2. The molecule has 0 saturated carbocycles. The molecule has 6 nitrogen and oxygen atoms in total. The van der Waals surface area contributed by atoms with Gasteiger partial charge >= 0.3 is 0 Å². The lowest BCUT2D eigenvalue weighted by atomic mass is 10.1. The van der Waals surface area contributed by atoms with Crippen LogP contribution in [0, 0.1) is 5.82 Å². The Hall–Kier alpha value is -3.97. The molecule has 7 heteroatoms. The van der Waals surface area contributed by atoms with Crippen LogP contribution in [0.25, 0.3) is 10.9 Å². The van der Waals surface area contributed by atoms with E-state index in [-0.39, 0.29) is 17.8 Å². The lowest BCUT2D eigenvalue weighted by Crippen LogP contribution is -2.26.